The second-order valence-corrected chi connectivity index (χ2v) is 11.1. The summed E-state index contributed by atoms with van der Waals surface area (Å²) in [6.45, 7) is 15.3. The molecule has 2 saturated carbocycles. The summed E-state index contributed by atoms with van der Waals surface area (Å²) in [6.07, 6.45) is 3.64. The summed E-state index contributed by atoms with van der Waals surface area (Å²) in [4.78, 5) is 29.7. The second kappa shape index (κ2) is 8.79. The van der Waals surface area contributed by atoms with Crippen LogP contribution in [0.1, 0.15) is 51.2 Å². The molecule has 2 bridgehead atoms. The van der Waals surface area contributed by atoms with Crippen molar-refractivity contribution < 1.29 is 9.59 Å². The van der Waals surface area contributed by atoms with Crippen molar-refractivity contribution in [1.29, 1.82) is 0 Å². The average Bonchev–Trinajstić information content (AvgIpc) is 3.06. The van der Waals surface area contributed by atoms with E-state index in [0.29, 0.717) is 24.5 Å². The van der Waals surface area contributed by atoms with Gasteiger partial charge in [0, 0.05) is 37.9 Å². The Morgan fingerprint density at radius 3 is 2.19 bits per heavy atom. The molecule has 0 unspecified atom stereocenters. The number of fused-ring (bicyclic) bond motifs is 2. The number of hydrogen-bond donors (Lipinski definition) is 2. The maximum atomic E-state index is 12.8. The van der Waals surface area contributed by atoms with Crippen LogP contribution in [0.5, 0.6) is 0 Å². The number of piperazine rings is 1. The Balaban J connectivity index is 1.20. The number of carbonyl (C=O) groups excluding carboxylic acids is 2. The summed E-state index contributed by atoms with van der Waals surface area (Å²) >= 11 is 0. The van der Waals surface area contributed by atoms with E-state index in [4.69, 9.17) is 0 Å². The predicted molar refractivity (Wildman–Crippen MR) is 129 cm³/mol. The fraction of sp³-hybridized carbons (Fsp3) is 0.692. The summed E-state index contributed by atoms with van der Waals surface area (Å²) in [5.74, 6) is 0.911. The summed E-state index contributed by atoms with van der Waals surface area (Å²) in [7, 11) is 0. The van der Waals surface area contributed by atoms with Crippen molar-refractivity contribution in [2.45, 2.75) is 59.9 Å². The number of nitrogens with zero attached hydrogens (tertiary/aromatic N) is 2. The maximum Gasteiger partial charge on any atom is 0.238 e. The lowest BCUT2D eigenvalue weighted by Gasteiger charge is -2.40. The van der Waals surface area contributed by atoms with Crippen LogP contribution in [-0.4, -0.2) is 66.9 Å². The third-order valence-corrected chi connectivity index (χ3v) is 9.21. The summed E-state index contributed by atoms with van der Waals surface area (Å²) in [6, 6.07) is 6.28. The van der Waals surface area contributed by atoms with Crippen molar-refractivity contribution in [3.8, 4) is 0 Å². The first-order chi connectivity index (χ1) is 15.1. The molecule has 1 aromatic rings. The lowest BCUT2D eigenvalue weighted by molar-refractivity contribution is -0.125. The SMILES string of the molecule is Cc1cccc(NC(=O)CN2CCN(CC(=O)N[C@@H]3C[C@H]4CC[C@@]3(C)C4(C)C)CC2)c1C. The molecule has 6 heteroatoms. The normalized spacial score (nSPS) is 29.8. The van der Waals surface area contributed by atoms with Crippen LogP contribution in [0, 0.1) is 30.6 Å². The Hall–Kier alpha value is -1.92. The minimum absolute atomic E-state index is 0.0250. The van der Waals surface area contributed by atoms with Gasteiger partial charge in [-0.1, -0.05) is 32.9 Å². The first-order valence-corrected chi connectivity index (χ1v) is 12.2. The number of benzene rings is 1. The van der Waals surface area contributed by atoms with E-state index in [1.54, 1.807) is 0 Å². The first kappa shape index (κ1) is 23.2. The Morgan fingerprint density at radius 1 is 1.00 bits per heavy atom. The Kier molecular flexibility index (Phi) is 6.38. The van der Waals surface area contributed by atoms with Gasteiger partial charge in [-0.25, -0.2) is 0 Å². The molecule has 0 aromatic heterocycles. The molecule has 1 aromatic carbocycles. The standard InChI is InChI=1S/C26H40N4O2/c1-18-7-6-8-21(19(18)2)27-23(31)16-29-11-13-30(14-12-29)17-24(32)28-22-15-20-9-10-26(22,5)25(20,3)4/h6-8,20,22H,9-17H2,1-5H3,(H,27,31)(H,28,32)/t20-,22-,26-/m1/s1. The number of rotatable bonds is 6. The highest BCUT2D eigenvalue weighted by Crippen LogP contribution is 2.65. The fourth-order valence-corrected chi connectivity index (χ4v) is 6.25. The number of hydrogen-bond acceptors (Lipinski definition) is 4. The molecule has 3 fully saturated rings. The van der Waals surface area contributed by atoms with E-state index in [-0.39, 0.29) is 17.2 Å². The summed E-state index contributed by atoms with van der Waals surface area (Å²) in [5.41, 5.74) is 3.72. The third-order valence-electron chi connectivity index (χ3n) is 9.21. The van der Waals surface area contributed by atoms with E-state index >= 15 is 0 Å². The van der Waals surface area contributed by atoms with Gasteiger partial charge in [0.1, 0.15) is 0 Å². The minimum Gasteiger partial charge on any atom is -0.352 e. The molecule has 0 radical (unpaired) electrons. The van der Waals surface area contributed by atoms with E-state index in [0.717, 1.165) is 49.8 Å². The van der Waals surface area contributed by atoms with Crippen molar-refractivity contribution in [2.24, 2.45) is 16.7 Å². The number of nitrogens with one attached hydrogen (secondary N) is 2. The number of anilines is 1. The van der Waals surface area contributed by atoms with Gasteiger partial charge in [-0.2, -0.15) is 0 Å². The smallest absolute Gasteiger partial charge is 0.238 e. The molecule has 2 aliphatic carbocycles. The van der Waals surface area contributed by atoms with Crippen LogP contribution in [0.2, 0.25) is 0 Å². The average molecular weight is 441 g/mol. The Morgan fingerprint density at radius 2 is 1.62 bits per heavy atom. The lowest BCUT2D eigenvalue weighted by Crippen LogP contribution is -2.53. The minimum atomic E-state index is 0.0250. The molecule has 1 saturated heterocycles. The van der Waals surface area contributed by atoms with Crippen LogP contribution in [0.25, 0.3) is 0 Å². The summed E-state index contributed by atoms with van der Waals surface area (Å²) in [5, 5.41) is 6.42. The number of aryl methyl sites for hydroxylation is 1. The van der Waals surface area contributed by atoms with Crippen LogP contribution in [0.15, 0.2) is 18.2 Å². The maximum absolute atomic E-state index is 12.8. The van der Waals surface area contributed by atoms with Gasteiger partial charge in [0.25, 0.3) is 0 Å². The van der Waals surface area contributed by atoms with Gasteiger partial charge < -0.3 is 10.6 Å². The zero-order chi connectivity index (χ0) is 23.1. The van der Waals surface area contributed by atoms with Crippen LogP contribution in [0.3, 0.4) is 0 Å². The zero-order valence-corrected chi connectivity index (χ0v) is 20.5. The van der Waals surface area contributed by atoms with Gasteiger partial charge in [-0.15, -0.1) is 0 Å². The molecular weight excluding hydrogens is 400 g/mol. The molecule has 2 amide bonds. The van der Waals surface area contributed by atoms with E-state index in [1.807, 2.05) is 19.1 Å². The van der Waals surface area contributed by atoms with Crippen LogP contribution < -0.4 is 10.6 Å². The predicted octanol–water partition coefficient (Wildman–Crippen LogP) is 3.19. The van der Waals surface area contributed by atoms with Gasteiger partial charge in [-0.3, -0.25) is 19.4 Å². The highest BCUT2D eigenvalue weighted by atomic mass is 16.2. The van der Waals surface area contributed by atoms with Crippen molar-refractivity contribution in [1.82, 2.24) is 15.1 Å². The largest absolute Gasteiger partial charge is 0.352 e. The van der Waals surface area contributed by atoms with Gasteiger partial charge in [-0.05, 0) is 67.1 Å². The van der Waals surface area contributed by atoms with E-state index in [9.17, 15) is 9.59 Å². The van der Waals surface area contributed by atoms with Crippen molar-refractivity contribution in [3.63, 3.8) is 0 Å². The molecule has 0 spiro atoms. The molecule has 3 atom stereocenters. The molecule has 2 N–H and O–H groups in total. The van der Waals surface area contributed by atoms with Crippen LogP contribution in [0.4, 0.5) is 5.69 Å². The molecule has 6 nitrogen and oxygen atoms in total. The molecule has 32 heavy (non-hydrogen) atoms. The monoisotopic (exact) mass is 440 g/mol. The first-order valence-electron chi connectivity index (χ1n) is 12.2. The van der Waals surface area contributed by atoms with Crippen LogP contribution >= 0.6 is 0 Å². The van der Waals surface area contributed by atoms with Gasteiger partial charge >= 0.3 is 0 Å². The Labute approximate surface area is 193 Å². The highest BCUT2D eigenvalue weighted by molar-refractivity contribution is 5.93. The number of amides is 2. The molecule has 1 heterocycles. The van der Waals surface area contributed by atoms with Crippen molar-refractivity contribution >= 4 is 17.5 Å². The zero-order valence-electron chi connectivity index (χ0n) is 20.5. The molecular formula is C26H40N4O2. The fourth-order valence-electron chi connectivity index (χ4n) is 6.25. The van der Waals surface area contributed by atoms with E-state index in [2.05, 4.69) is 54.2 Å². The topological polar surface area (TPSA) is 64.7 Å². The molecule has 176 valence electrons. The number of carbonyl (C=O) groups is 2. The molecule has 4 rings (SSSR count). The third kappa shape index (κ3) is 4.32. The van der Waals surface area contributed by atoms with E-state index < -0.39 is 0 Å². The Bertz CT molecular complexity index is 875. The lowest BCUT2D eigenvalue weighted by atomic mass is 9.69. The van der Waals surface area contributed by atoms with Crippen molar-refractivity contribution in [2.75, 3.05) is 44.6 Å². The van der Waals surface area contributed by atoms with E-state index in [1.165, 1.54) is 18.4 Å². The van der Waals surface area contributed by atoms with Crippen molar-refractivity contribution in [3.05, 3.63) is 29.3 Å². The van der Waals surface area contributed by atoms with Gasteiger partial charge in [0.15, 0.2) is 0 Å². The van der Waals surface area contributed by atoms with Gasteiger partial charge in [0.2, 0.25) is 11.8 Å². The highest BCUT2D eigenvalue weighted by Gasteiger charge is 2.61. The quantitative estimate of drug-likeness (QED) is 0.713. The molecule has 3 aliphatic rings. The summed E-state index contributed by atoms with van der Waals surface area (Å²) < 4.78 is 0. The van der Waals surface area contributed by atoms with Crippen LogP contribution in [-0.2, 0) is 9.59 Å². The van der Waals surface area contributed by atoms with Gasteiger partial charge in [0.05, 0.1) is 13.1 Å². The molecule has 1 aliphatic heterocycles. The second-order valence-electron chi connectivity index (χ2n) is 11.1.